The third kappa shape index (κ3) is 5.22. The van der Waals surface area contributed by atoms with E-state index in [1.165, 1.54) is 0 Å². The Hall–Kier alpha value is -1.59. The number of nitrogens with one attached hydrogen (secondary N) is 1. The lowest BCUT2D eigenvalue weighted by Gasteiger charge is -2.34. The van der Waals surface area contributed by atoms with Gasteiger partial charge in [-0.25, -0.2) is 4.79 Å². The van der Waals surface area contributed by atoms with Crippen molar-refractivity contribution in [3.8, 4) is 0 Å². The lowest BCUT2D eigenvalue weighted by Crippen LogP contribution is -2.56. The topological polar surface area (TPSA) is 75.7 Å². The van der Waals surface area contributed by atoms with Gasteiger partial charge in [0.2, 0.25) is 5.91 Å². The van der Waals surface area contributed by atoms with E-state index in [1.807, 2.05) is 34.6 Å². The van der Waals surface area contributed by atoms with Crippen LogP contribution in [0.25, 0.3) is 0 Å². The fraction of sp³-hybridized carbons (Fsp3) is 0.824. The minimum Gasteiger partial charge on any atom is -0.447 e. The lowest BCUT2D eigenvalue weighted by atomic mass is 9.85. The van der Waals surface area contributed by atoms with Gasteiger partial charge in [0.15, 0.2) is 0 Å². The molecule has 1 N–H and O–H groups in total. The van der Waals surface area contributed by atoms with E-state index in [0.29, 0.717) is 13.0 Å². The van der Waals surface area contributed by atoms with Gasteiger partial charge in [-0.3, -0.25) is 4.79 Å². The highest BCUT2D eigenvalue weighted by Gasteiger charge is 2.45. The predicted molar refractivity (Wildman–Crippen MR) is 88.0 cm³/mol. The summed E-state index contributed by atoms with van der Waals surface area (Å²) < 4.78 is 5.09. The second-order valence-corrected chi connectivity index (χ2v) is 8.44. The smallest absolute Gasteiger partial charge is 0.408 e. The van der Waals surface area contributed by atoms with Crippen LogP contribution < -0.4 is 5.32 Å². The summed E-state index contributed by atoms with van der Waals surface area (Å²) in [7, 11) is 0. The van der Waals surface area contributed by atoms with Gasteiger partial charge in [-0.05, 0) is 31.1 Å². The highest BCUT2D eigenvalue weighted by molar-refractivity contribution is 5.88. The van der Waals surface area contributed by atoms with Crippen LogP contribution in [0.2, 0.25) is 0 Å². The number of carbonyl (C=O) groups is 3. The Bertz CT molecular complexity index is 466. The van der Waals surface area contributed by atoms with Crippen molar-refractivity contribution >= 4 is 18.3 Å². The maximum atomic E-state index is 13.0. The number of amides is 2. The van der Waals surface area contributed by atoms with E-state index in [0.717, 1.165) is 6.29 Å². The van der Waals surface area contributed by atoms with Crippen molar-refractivity contribution < 1.29 is 19.1 Å². The number of hydrogen-bond acceptors (Lipinski definition) is 4. The molecule has 0 aromatic heterocycles. The average Bonchev–Trinajstić information content (AvgIpc) is 2.68. The molecule has 23 heavy (non-hydrogen) atoms. The molecule has 1 aliphatic rings. The Morgan fingerprint density at radius 3 is 2.30 bits per heavy atom. The van der Waals surface area contributed by atoms with Crippen LogP contribution in [0, 0.1) is 10.8 Å². The van der Waals surface area contributed by atoms with E-state index in [2.05, 4.69) is 5.32 Å². The fourth-order valence-electron chi connectivity index (χ4n) is 2.86. The van der Waals surface area contributed by atoms with E-state index in [-0.39, 0.29) is 17.4 Å². The molecule has 132 valence electrons. The molecule has 1 fully saturated rings. The standard InChI is InChI=1S/C17H30N2O4/c1-11(2)23-15(22)18-13(16(3,4)5)14(21)19-10-17(6,7)8-12(19)9-20/h9,11-13H,8,10H2,1-7H3,(H,18,22)/t12-,13+/m0/s1. The van der Waals surface area contributed by atoms with Crippen molar-refractivity contribution in [2.24, 2.45) is 10.8 Å². The molecule has 6 nitrogen and oxygen atoms in total. The van der Waals surface area contributed by atoms with E-state index in [9.17, 15) is 14.4 Å². The molecular formula is C17H30N2O4. The summed E-state index contributed by atoms with van der Waals surface area (Å²) in [5, 5.41) is 2.67. The van der Waals surface area contributed by atoms with E-state index in [1.54, 1.807) is 18.7 Å². The third-order valence-electron chi connectivity index (χ3n) is 3.92. The van der Waals surface area contributed by atoms with Crippen LogP contribution in [0.4, 0.5) is 4.79 Å². The zero-order valence-corrected chi connectivity index (χ0v) is 15.3. The summed E-state index contributed by atoms with van der Waals surface area (Å²) in [6, 6.07) is -1.18. The van der Waals surface area contributed by atoms with Crippen molar-refractivity contribution in [2.45, 2.75) is 73.1 Å². The maximum absolute atomic E-state index is 13.0. The van der Waals surface area contributed by atoms with E-state index < -0.39 is 23.6 Å². The van der Waals surface area contributed by atoms with Crippen LogP contribution in [0.5, 0.6) is 0 Å². The quantitative estimate of drug-likeness (QED) is 0.805. The fourth-order valence-corrected chi connectivity index (χ4v) is 2.86. The molecular weight excluding hydrogens is 296 g/mol. The number of hydrogen-bond donors (Lipinski definition) is 1. The summed E-state index contributed by atoms with van der Waals surface area (Å²) >= 11 is 0. The minimum absolute atomic E-state index is 0.109. The van der Waals surface area contributed by atoms with Crippen molar-refractivity contribution in [2.75, 3.05) is 6.54 Å². The minimum atomic E-state index is -0.745. The normalized spacial score (nSPS) is 21.9. The summed E-state index contributed by atoms with van der Waals surface area (Å²) in [4.78, 5) is 37.8. The zero-order valence-electron chi connectivity index (χ0n) is 15.3. The van der Waals surface area contributed by atoms with Gasteiger partial charge >= 0.3 is 6.09 Å². The van der Waals surface area contributed by atoms with Crippen molar-refractivity contribution in [3.63, 3.8) is 0 Å². The van der Waals surface area contributed by atoms with Crippen molar-refractivity contribution in [1.82, 2.24) is 10.2 Å². The van der Waals surface area contributed by atoms with Crippen molar-refractivity contribution in [3.05, 3.63) is 0 Å². The monoisotopic (exact) mass is 326 g/mol. The second-order valence-electron chi connectivity index (χ2n) is 8.44. The van der Waals surface area contributed by atoms with E-state index in [4.69, 9.17) is 4.74 Å². The van der Waals surface area contributed by atoms with Crippen LogP contribution in [-0.4, -0.2) is 47.9 Å². The number of rotatable bonds is 4. The predicted octanol–water partition coefficient (Wildman–Crippen LogP) is 2.36. The Morgan fingerprint density at radius 1 is 1.30 bits per heavy atom. The van der Waals surface area contributed by atoms with Crippen LogP contribution in [-0.2, 0) is 14.3 Å². The van der Waals surface area contributed by atoms with Gasteiger partial charge in [0.1, 0.15) is 12.3 Å². The van der Waals surface area contributed by atoms with Crippen LogP contribution in [0.1, 0.15) is 54.9 Å². The largest absolute Gasteiger partial charge is 0.447 e. The lowest BCUT2D eigenvalue weighted by molar-refractivity contribution is -0.139. The number of aldehydes is 1. The molecule has 0 aromatic rings. The molecule has 0 aliphatic carbocycles. The molecule has 0 aromatic carbocycles. The maximum Gasteiger partial charge on any atom is 0.408 e. The Kier molecular flexibility index (Phi) is 5.83. The molecule has 1 saturated heterocycles. The molecule has 0 bridgehead atoms. The molecule has 0 radical (unpaired) electrons. The molecule has 1 heterocycles. The van der Waals surface area contributed by atoms with E-state index >= 15 is 0 Å². The van der Waals surface area contributed by atoms with Gasteiger partial charge in [0.25, 0.3) is 0 Å². The molecule has 1 rings (SSSR count). The van der Waals surface area contributed by atoms with Crippen molar-refractivity contribution in [1.29, 1.82) is 0 Å². The van der Waals surface area contributed by atoms with Gasteiger partial charge in [0.05, 0.1) is 12.1 Å². The molecule has 2 amide bonds. The first-order valence-electron chi connectivity index (χ1n) is 8.10. The first-order valence-corrected chi connectivity index (χ1v) is 8.10. The van der Waals surface area contributed by atoms with Gasteiger partial charge in [-0.1, -0.05) is 34.6 Å². The summed E-state index contributed by atoms with van der Waals surface area (Å²) in [5.41, 5.74) is -0.602. The molecule has 2 atom stereocenters. The highest BCUT2D eigenvalue weighted by Crippen LogP contribution is 2.35. The summed E-state index contributed by atoms with van der Waals surface area (Å²) in [5.74, 6) is -0.235. The van der Waals surface area contributed by atoms with Gasteiger partial charge < -0.3 is 19.7 Å². The molecule has 6 heteroatoms. The van der Waals surface area contributed by atoms with Gasteiger partial charge in [-0.2, -0.15) is 0 Å². The highest BCUT2D eigenvalue weighted by atomic mass is 16.6. The molecule has 1 aliphatic heterocycles. The average molecular weight is 326 g/mol. The Labute approximate surface area is 138 Å². The number of carbonyl (C=O) groups excluding carboxylic acids is 3. The summed E-state index contributed by atoms with van der Waals surface area (Å²) in [6.07, 6.45) is 0.572. The molecule has 0 spiro atoms. The number of ether oxygens (including phenoxy) is 1. The number of likely N-dealkylation sites (tertiary alicyclic amines) is 1. The second kappa shape index (κ2) is 6.89. The Morgan fingerprint density at radius 2 is 1.87 bits per heavy atom. The zero-order chi connectivity index (χ0) is 18.0. The van der Waals surface area contributed by atoms with Crippen LogP contribution >= 0.6 is 0 Å². The van der Waals surface area contributed by atoms with Gasteiger partial charge in [-0.15, -0.1) is 0 Å². The molecule has 0 unspecified atom stereocenters. The first-order chi connectivity index (χ1) is 10.4. The number of nitrogens with zero attached hydrogens (tertiary/aromatic N) is 1. The Balaban J connectivity index is 2.97. The first kappa shape index (κ1) is 19.5. The number of alkyl carbamates (subject to hydrolysis) is 1. The molecule has 0 saturated carbocycles. The van der Waals surface area contributed by atoms with Crippen LogP contribution in [0.3, 0.4) is 0 Å². The van der Waals surface area contributed by atoms with Gasteiger partial charge in [0, 0.05) is 6.54 Å². The summed E-state index contributed by atoms with van der Waals surface area (Å²) in [6.45, 7) is 13.7. The SMILES string of the molecule is CC(C)OC(=O)N[C@H](C(=O)N1CC(C)(C)C[C@H]1C=O)C(C)(C)C. The third-order valence-corrected chi connectivity index (χ3v) is 3.92. The van der Waals surface area contributed by atoms with Crippen LogP contribution in [0.15, 0.2) is 0 Å².